The van der Waals surface area contributed by atoms with E-state index in [0.29, 0.717) is 0 Å². The summed E-state index contributed by atoms with van der Waals surface area (Å²) in [6, 6.07) is 0. The minimum absolute atomic E-state index is 0.0913. The van der Waals surface area contributed by atoms with Gasteiger partial charge in [-0.05, 0) is 53.1 Å². The lowest BCUT2D eigenvalue weighted by Gasteiger charge is -2.39. The Hall–Kier alpha value is -0.520. The molecule has 2 heteroatoms. The van der Waals surface area contributed by atoms with Crippen molar-refractivity contribution in [1.29, 1.82) is 0 Å². The number of hydrogen-bond donors (Lipinski definition) is 1. The lowest BCUT2D eigenvalue weighted by molar-refractivity contribution is -0.000959. The van der Waals surface area contributed by atoms with Gasteiger partial charge in [0.15, 0.2) is 0 Å². The molecular weight excluding hydrogens is 186 g/mol. The van der Waals surface area contributed by atoms with Crippen LogP contribution in [-0.2, 0) is 0 Å². The Kier molecular flexibility index (Phi) is 4.63. The molecule has 0 aromatic heterocycles. The van der Waals surface area contributed by atoms with Gasteiger partial charge in [-0.1, -0.05) is 0 Å². The van der Waals surface area contributed by atoms with Crippen LogP contribution in [0.1, 0.15) is 46.5 Å². The molecule has 1 aliphatic rings. The molecule has 2 nitrogen and oxygen atoms in total. The summed E-state index contributed by atoms with van der Waals surface area (Å²) in [7, 11) is 0. The summed E-state index contributed by atoms with van der Waals surface area (Å²) in [5.41, 5.74) is -0.0913. The molecule has 86 valence electrons. The lowest BCUT2D eigenvalue weighted by atomic mass is 9.92. The van der Waals surface area contributed by atoms with Crippen molar-refractivity contribution >= 4 is 0 Å². The smallest absolute Gasteiger partial charge is 0.0727 e. The van der Waals surface area contributed by atoms with Gasteiger partial charge in [0, 0.05) is 12.0 Å². The maximum Gasteiger partial charge on any atom is 0.0727 e. The van der Waals surface area contributed by atoms with Gasteiger partial charge in [0.25, 0.3) is 0 Å². The van der Waals surface area contributed by atoms with E-state index in [2.05, 4.69) is 30.6 Å². The molecule has 1 N–H and O–H groups in total. The van der Waals surface area contributed by atoms with Crippen LogP contribution in [0.3, 0.4) is 0 Å². The van der Waals surface area contributed by atoms with Gasteiger partial charge in [0.05, 0.1) is 6.10 Å². The standard InChI is InChI=1S/C13H23NO/c1-4-5-6-9-12(15)13(2,3)14-10-7-8-11-14/h12,15H,6-11H2,1-3H3. The molecule has 1 unspecified atom stereocenters. The average molecular weight is 209 g/mol. The molecular formula is C13H23NO. The van der Waals surface area contributed by atoms with Gasteiger partial charge in [0.1, 0.15) is 0 Å². The summed E-state index contributed by atoms with van der Waals surface area (Å²) in [5, 5.41) is 10.2. The molecule has 0 aromatic rings. The normalized spacial score (nSPS) is 19.7. The van der Waals surface area contributed by atoms with Crippen molar-refractivity contribution in [3.05, 3.63) is 0 Å². The predicted molar refractivity (Wildman–Crippen MR) is 63.6 cm³/mol. The fourth-order valence-electron chi connectivity index (χ4n) is 2.19. The van der Waals surface area contributed by atoms with Gasteiger partial charge >= 0.3 is 0 Å². The van der Waals surface area contributed by atoms with Crippen LogP contribution in [0, 0.1) is 11.8 Å². The van der Waals surface area contributed by atoms with Crippen molar-refractivity contribution in [2.75, 3.05) is 13.1 Å². The summed E-state index contributed by atoms with van der Waals surface area (Å²) in [5.74, 6) is 5.88. The second-order valence-electron chi connectivity index (χ2n) is 4.83. The monoisotopic (exact) mass is 209 g/mol. The van der Waals surface area contributed by atoms with Crippen LogP contribution < -0.4 is 0 Å². The second-order valence-corrected chi connectivity index (χ2v) is 4.83. The predicted octanol–water partition coefficient (Wildman–Crippen LogP) is 2.03. The van der Waals surface area contributed by atoms with Crippen molar-refractivity contribution in [1.82, 2.24) is 4.90 Å². The van der Waals surface area contributed by atoms with E-state index in [0.717, 1.165) is 25.9 Å². The minimum Gasteiger partial charge on any atom is -0.391 e. The van der Waals surface area contributed by atoms with Gasteiger partial charge in [-0.2, -0.15) is 0 Å². The Morgan fingerprint density at radius 3 is 2.47 bits per heavy atom. The van der Waals surface area contributed by atoms with E-state index in [-0.39, 0.29) is 11.6 Å². The van der Waals surface area contributed by atoms with E-state index in [9.17, 15) is 5.11 Å². The zero-order valence-corrected chi connectivity index (χ0v) is 10.2. The quantitative estimate of drug-likeness (QED) is 0.716. The minimum atomic E-state index is -0.267. The number of nitrogens with zero attached hydrogens (tertiary/aromatic N) is 1. The highest BCUT2D eigenvalue weighted by Gasteiger charge is 2.35. The number of likely N-dealkylation sites (tertiary alicyclic amines) is 1. The van der Waals surface area contributed by atoms with Crippen LogP contribution in [0.2, 0.25) is 0 Å². The molecule has 1 saturated heterocycles. The molecule has 1 atom stereocenters. The van der Waals surface area contributed by atoms with Crippen LogP contribution in [-0.4, -0.2) is 34.7 Å². The fourth-order valence-corrected chi connectivity index (χ4v) is 2.19. The summed E-state index contributed by atoms with van der Waals surface area (Å²) in [6.07, 6.45) is 3.85. The van der Waals surface area contributed by atoms with Crippen molar-refractivity contribution in [3.63, 3.8) is 0 Å². The Morgan fingerprint density at radius 1 is 1.33 bits per heavy atom. The topological polar surface area (TPSA) is 23.5 Å². The summed E-state index contributed by atoms with van der Waals surface area (Å²) >= 11 is 0. The molecule has 1 rings (SSSR count). The van der Waals surface area contributed by atoms with Crippen LogP contribution in [0.4, 0.5) is 0 Å². The first-order chi connectivity index (χ1) is 7.09. The van der Waals surface area contributed by atoms with Gasteiger partial charge in [-0.3, -0.25) is 4.90 Å². The van der Waals surface area contributed by atoms with Crippen molar-refractivity contribution < 1.29 is 5.11 Å². The Balaban J connectivity index is 2.46. The van der Waals surface area contributed by atoms with Gasteiger partial charge in [-0.25, -0.2) is 0 Å². The number of hydrogen-bond acceptors (Lipinski definition) is 2. The number of rotatable bonds is 4. The van der Waals surface area contributed by atoms with E-state index >= 15 is 0 Å². The van der Waals surface area contributed by atoms with Gasteiger partial charge < -0.3 is 5.11 Å². The first kappa shape index (κ1) is 12.5. The first-order valence-corrected chi connectivity index (χ1v) is 5.91. The zero-order chi connectivity index (χ0) is 11.3. The molecule has 1 fully saturated rings. The zero-order valence-electron chi connectivity index (χ0n) is 10.2. The average Bonchev–Trinajstić information content (AvgIpc) is 2.71. The van der Waals surface area contributed by atoms with E-state index in [4.69, 9.17) is 0 Å². The SMILES string of the molecule is CC#CCCC(O)C(C)(C)N1CCCC1. The van der Waals surface area contributed by atoms with Gasteiger partial charge in [-0.15, -0.1) is 11.8 Å². The summed E-state index contributed by atoms with van der Waals surface area (Å²) in [4.78, 5) is 2.40. The van der Waals surface area contributed by atoms with Crippen LogP contribution in [0.5, 0.6) is 0 Å². The van der Waals surface area contributed by atoms with Crippen LogP contribution in [0.15, 0.2) is 0 Å². The summed E-state index contributed by atoms with van der Waals surface area (Å²) < 4.78 is 0. The Labute approximate surface area is 93.7 Å². The third kappa shape index (κ3) is 3.22. The molecule has 15 heavy (non-hydrogen) atoms. The highest BCUT2D eigenvalue weighted by Crippen LogP contribution is 2.26. The highest BCUT2D eigenvalue weighted by molar-refractivity contribution is 4.98. The van der Waals surface area contributed by atoms with E-state index in [1.165, 1.54) is 12.8 Å². The molecule has 1 aliphatic heterocycles. The molecule has 0 radical (unpaired) electrons. The van der Waals surface area contributed by atoms with Crippen LogP contribution in [0.25, 0.3) is 0 Å². The van der Waals surface area contributed by atoms with Gasteiger partial charge in [0.2, 0.25) is 0 Å². The van der Waals surface area contributed by atoms with Crippen molar-refractivity contribution in [2.24, 2.45) is 0 Å². The molecule has 0 aliphatic carbocycles. The second kappa shape index (κ2) is 5.53. The van der Waals surface area contributed by atoms with E-state index < -0.39 is 0 Å². The van der Waals surface area contributed by atoms with E-state index in [1.807, 2.05) is 6.92 Å². The third-order valence-electron chi connectivity index (χ3n) is 3.46. The lowest BCUT2D eigenvalue weighted by Crippen LogP contribution is -2.51. The molecule has 0 spiro atoms. The van der Waals surface area contributed by atoms with Crippen molar-refractivity contribution in [2.45, 2.75) is 58.1 Å². The Bertz CT molecular complexity index is 243. The fraction of sp³-hybridized carbons (Fsp3) is 0.846. The first-order valence-electron chi connectivity index (χ1n) is 5.91. The highest BCUT2D eigenvalue weighted by atomic mass is 16.3. The largest absolute Gasteiger partial charge is 0.391 e. The van der Waals surface area contributed by atoms with Crippen LogP contribution >= 0.6 is 0 Å². The van der Waals surface area contributed by atoms with Crippen molar-refractivity contribution in [3.8, 4) is 11.8 Å². The molecule has 1 heterocycles. The maximum absolute atomic E-state index is 10.2. The molecule has 0 aromatic carbocycles. The number of aliphatic hydroxyl groups is 1. The summed E-state index contributed by atoms with van der Waals surface area (Å²) in [6.45, 7) is 8.38. The molecule has 0 bridgehead atoms. The Morgan fingerprint density at radius 2 is 1.93 bits per heavy atom. The number of aliphatic hydroxyl groups excluding tert-OH is 1. The molecule has 0 amide bonds. The molecule has 0 saturated carbocycles. The van der Waals surface area contributed by atoms with E-state index in [1.54, 1.807) is 0 Å². The third-order valence-corrected chi connectivity index (χ3v) is 3.46. The maximum atomic E-state index is 10.2.